The van der Waals surface area contributed by atoms with Gasteiger partial charge in [0.2, 0.25) is 0 Å². The van der Waals surface area contributed by atoms with Gasteiger partial charge in [0.1, 0.15) is 0 Å². The van der Waals surface area contributed by atoms with E-state index in [-0.39, 0.29) is 17.8 Å². The van der Waals surface area contributed by atoms with E-state index in [1.165, 1.54) is 16.9 Å². The summed E-state index contributed by atoms with van der Waals surface area (Å²) in [5.74, 6) is -0.141. The van der Waals surface area contributed by atoms with Crippen LogP contribution < -0.4 is 5.32 Å². The summed E-state index contributed by atoms with van der Waals surface area (Å²) in [5, 5.41) is 11.4. The Morgan fingerprint density at radius 3 is 2.34 bits per heavy atom. The van der Waals surface area contributed by atoms with Crippen molar-refractivity contribution in [3.05, 3.63) is 58.3 Å². The number of rotatable bonds is 4. The fourth-order valence-electron chi connectivity index (χ4n) is 3.31. The highest BCUT2D eigenvalue weighted by atomic mass is 19.4. The van der Waals surface area contributed by atoms with Crippen molar-refractivity contribution in [2.45, 2.75) is 39.9 Å². The fourth-order valence-corrected chi connectivity index (χ4v) is 3.31. The minimum absolute atomic E-state index is 0.196. The van der Waals surface area contributed by atoms with Crippen LogP contribution >= 0.6 is 0 Å². The second kappa shape index (κ2) is 7.34. The van der Waals surface area contributed by atoms with Crippen LogP contribution in [-0.4, -0.2) is 30.5 Å². The SMILES string of the molecule is Cc1nn(C)c(C)c1C(C)NC(=O)c1cnn(-c2ccc(C(F)(F)F)cn2)c1C. The van der Waals surface area contributed by atoms with Gasteiger partial charge in [-0.05, 0) is 39.8 Å². The molecule has 3 aromatic rings. The number of carbonyl (C=O) groups excluding carboxylic acids is 1. The molecule has 0 spiro atoms. The summed E-state index contributed by atoms with van der Waals surface area (Å²) in [4.78, 5) is 16.6. The molecule has 0 bridgehead atoms. The molecule has 29 heavy (non-hydrogen) atoms. The molecular weight excluding hydrogens is 385 g/mol. The second-order valence-corrected chi connectivity index (χ2v) is 6.86. The van der Waals surface area contributed by atoms with Crippen molar-refractivity contribution in [1.29, 1.82) is 0 Å². The van der Waals surface area contributed by atoms with Gasteiger partial charge in [-0.25, -0.2) is 9.67 Å². The van der Waals surface area contributed by atoms with Gasteiger partial charge in [-0.1, -0.05) is 0 Å². The van der Waals surface area contributed by atoms with E-state index in [0.29, 0.717) is 11.3 Å². The summed E-state index contributed by atoms with van der Waals surface area (Å²) in [6.07, 6.45) is -2.35. The lowest BCUT2D eigenvalue weighted by molar-refractivity contribution is -0.137. The number of alkyl halides is 3. The number of hydrogen-bond acceptors (Lipinski definition) is 4. The smallest absolute Gasteiger partial charge is 0.345 e. The molecule has 1 atom stereocenters. The zero-order valence-corrected chi connectivity index (χ0v) is 16.7. The molecule has 0 saturated carbocycles. The first-order chi connectivity index (χ1) is 13.5. The Hall–Kier alpha value is -3.17. The van der Waals surface area contributed by atoms with E-state index in [2.05, 4.69) is 20.5 Å². The van der Waals surface area contributed by atoms with Crippen LogP contribution in [0.25, 0.3) is 5.82 Å². The van der Waals surface area contributed by atoms with E-state index >= 15 is 0 Å². The summed E-state index contributed by atoms with van der Waals surface area (Å²) in [5.41, 5.74) is 2.67. The Bertz CT molecular complexity index is 1050. The molecule has 154 valence electrons. The molecule has 0 aliphatic carbocycles. The summed E-state index contributed by atoms with van der Waals surface area (Å²) in [6.45, 7) is 7.33. The summed E-state index contributed by atoms with van der Waals surface area (Å²) in [6, 6.07) is 1.87. The van der Waals surface area contributed by atoms with E-state index < -0.39 is 11.7 Å². The Labute approximate surface area is 165 Å². The Kier molecular flexibility index (Phi) is 5.20. The third kappa shape index (κ3) is 3.87. The molecule has 1 unspecified atom stereocenters. The molecule has 10 heteroatoms. The minimum Gasteiger partial charge on any atom is -0.345 e. The molecule has 3 aromatic heterocycles. The molecule has 0 radical (unpaired) electrons. The number of aryl methyl sites for hydroxylation is 2. The molecule has 0 fully saturated rings. The van der Waals surface area contributed by atoms with Crippen molar-refractivity contribution in [2.24, 2.45) is 7.05 Å². The number of halogens is 3. The maximum Gasteiger partial charge on any atom is 0.417 e. The molecule has 0 saturated heterocycles. The van der Waals surface area contributed by atoms with Crippen LogP contribution in [0.15, 0.2) is 24.5 Å². The normalized spacial score (nSPS) is 12.8. The van der Waals surface area contributed by atoms with Crippen molar-refractivity contribution >= 4 is 5.91 Å². The number of pyridine rings is 1. The number of nitrogens with zero attached hydrogens (tertiary/aromatic N) is 5. The van der Waals surface area contributed by atoms with Gasteiger partial charge in [0.15, 0.2) is 5.82 Å². The standard InChI is InChI=1S/C19H21F3N6O/c1-10(17-11(2)26-27(5)13(17)4)25-18(29)15-9-24-28(12(15)3)16-7-6-14(8-23-16)19(20,21)22/h6-10H,1-5H3,(H,25,29). The van der Waals surface area contributed by atoms with Gasteiger partial charge in [0.25, 0.3) is 5.91 Å². The highest BCUT2D eigenvalue weighted by molar-refractivity contribution is 5.95. The van der Waals surface area contributed by atoms with Crippen molar-refractivity contribution in [3.63, 3.8) is 0 Å². The van der Waals surface area contributed by atoms with Gasteiger partial charge in [-0.3, -0.25) is 9.48 Å². The minimum atomic E-state index is -4.46. The van der Waals surface area contributed by atoms with Gasteiger partial charge in [0.05, 0.1) is 34.8 Å². The van der Waals surface area contributed by atoms with E-state index in [1.54, 1.807) is 11.6 Å². The van der Waals surface area contributed by atoms with E-state index in [4.69, 9.17) is 0 Å². The molecule has 7 nitrogen and oxygen atoms in total. The highest BCUT2D eigenvalue weighted by Crippen LogP contribution is 2.29. The van der Waals surface area contributed by atoms with Gasteiger partial charge in [0, 0.05) is 24.5 Å². The Morgan fingerprint density at radius 2 is 1.83 bits per heavy atom. The zero-order chi connectivity index (χ0) is 21.5. The first-order valence-corrected chi connectivity index (χ1v) is 8.90. The molecule has 1 amide bonds. The molecule has 0 aliphatic rings. The zero-order valence-electron chi connectivity index (χ0n) is 16.7. The lowest BCUT2D eigenvalue weighted by atomic mass is 10.1. The first-order valence-electron chi connectivity index (χ1n) is 8.90. The predicted octanol–water partition coefficient (Wildman–Crippen LogP) is 3.44. The molecule has 1 N–H and O–H groups in total. The maximum atomic E-state index is 12.7. The van der Waals surface area contributed by atoms with Crippen LogP contribution in [0.4, 0.5) is 13.2 Å². The molecular formula is C19H21F3N6O. The molecule has 3 heterocycles. The summed E-state index contributed by atoms with van der Waals surface area (Å²) >= 11 is 0. The maximum absolute atomic E-state index is 12.7. The lowest BCUT2D eigenvalue weighted by Crippen LogP contribution is -2.27. The number of aromatic nitrogens is 5. The van der Waals surface area contributed by atoms with Crippen molar-refractivity contribution in [1.82, 2.24) is 29.9 Å². The third-order valence-corrected chi connectivity index (χ3v) is 4.89. The quantitative estimate of drug-likeness (QED) is 0.720. The molecule has 0 aliphatic heterocycles. The van der Waals surface area contributed by atoms with Gasteiger partial charge in [-0.15, -0.1) is 0 Å². The number of carbonyl (C=O) groups is 1. The van der Waals surface area contributed by atoms with Crippen molar-refractivity contribution in [3.8, 4) is 5.82 Å². The van der Waals surface area contributed by atoms with E-state index in [0.717, 1.165) is 29.2 Å². The first kappa shape index (κ1) is 20.6. The van der Waals surface area contributed by atoms with Crippen molar-refractivity contribution in [2.75, 3.05) is 0 Å². The van der Waals surface area contributed by atoms with E-state index in [1.807, 2.05) is 27.8 Å². The van der Waals surface area contributed by atoms with Crippen LogP contribution in [0, 0.1) is 20.8 Å². The molecule has 0 aromatic carbocycles. The largest absolute Gasteiger partial charge is 0.417 e. The predicted molar refractivity (Wildman–Crippen MR) is 99.7 cm³/mol. The molecule has 3 rings (SSSR count). The summed E-state index contributed by atoms with van der Waals surface area (Å²) in [7, 11) is 1.84. The van der Waals surface area contributed by atoms with Crippen LogP contribution in [0.2, 0.25) is 0 Å². The Morgan fingerprint density at radius 1 is 1.14 bits per heavy atom. The lowest BCUT2D eigenvalue weighted by Gasteiger charge is -2.15. The van der Waals surface area contributed by atoms with Crippen molar-refractivity contribution < 1.29 is 18.0 Å². The average Bonchev–Trinajstić information content (AvgIpc) is 3.13. The average molecular weight is 406 g/mol. The van der Waals surface area contributed by atoms with Gasteiger partial charge in [-0.2, -0.15) is 23.4 Å². The topological polar surface area (TPSA) is 77.6 Å². The number of hydrogen-bond donors (Lipinski definition) is 1. The third-order valence-electron chi connectivity index (χ3n) is 4.89. The second-order valence-electron chi connectivity index (χ2n) is 6.86. The number of nitrogens with one attached hydrogen (secondary N) is 1. The van der Waals surface area contributed by atoms with E-state index in [9.17, 15) is 18.0 Å². The fraction of sp³-hybridized carbons (Fsp3) is 0.368. The Balaban J connectivity index is 1.82. The summed E-state index contributed by atoms with van der Waals surface area (Å²) < 4.78 is 41.2. The number of amides is 1. The van der Waals surface area contributed by atoms with Gasteiger partial charge >= 0.3 is 6.18 Å². The van der Waals surface area contributed by atoms with Crippen LogP contribution in [0.3, 0.4) is 0 Å². The monoisotopic (exact) mass is 406 g/mol. The van der Waals surface area contributed by atoms with Crippen LogP contribution in [0.5, 0.6) is 0 Å². The van der Waals surface area contributed by atoms with Crippen LogP contribution in [-0.2, 0) is 13.2 Å². The highest BCUT2D eigenvalue weighted by Gasteiger charge is 2.31. The van der Waals surface area contributed by atoms with Crippen LogP contribution in [0.1, 0.15) is 51.5 Å². The van der Waals surface area contributed by atoms with Gasteiger partial charge < -0.3 is 5.32 Å².